The van der Waals surface area contributed by atoms with Crippen molar-refractivity contribution in [2.75, 3.05) is 18.5 Å². The maximum absolute atomic E-state index is 12.1. The average Bonchev–Trinajstić information content (AvgIpc) is 2.34. The van der Waals surface area contributed by atoms with Gasteiger partial charge in [-0.05, 0) is 12.1 Å². The number of rotatable bonds is 4. The molecule has 3 N–H and O–H groups in total. The van der Waals surface area contributed by atoms with Gasteiger partial charge in [0.15, 0.2) is 5.84 Å². The van der Waals surface area contributed by atoms with Crippen LogP contribution in [0.5, 0.6) is 0 Å². The van der Waals surface area contributed by atoms with E-state index in [1.165, 1.54) is 18.1 Å². The Kier molecular flexibility index (Phi) is 4.35. The van der Waals surface area contributed by atoms with E-state index in [1.807, 2.05) is 0 Å². The van der Waals surface area contributed by atoms with Crippen molar-refractivity contribution in [3.8, 4) is 0 Å². The lowest BCUT2D eigenvalue weighted by atomic mass is 10.2. The molecule has 0 saturated heterocycles. The number of aromatic nitrogens is 1. The van der Waals surface area contributed by atoms with Crippen molar-refractivity contribution >= 4 is 11.5 Å². The number of hydrogen-bond acceptors (Lipinski definition) is 4. The minimum absolute atomic E-state index is 0.143. The summed E-state index contributed by atoms with van der Waals surface area (Å²) in [6.07, 6.45) is -3.77. The molecule has 0 saturated carbocycles. The molecule has 0 radical (unpaired) electrons. The van der Waals surface area contributed by atoms with Gasteiger partial charge in [0, 0.05) is 19.8 Å². The fraction of sp³-hybridized carbons (Fsp3) is 0.400. The Balaban J connectivity index is 2.89. The van der Waals surface area contributed by atoms with E-state index in [2.05, 4.69) is 10.1 Å². The first-order chi connectivity index (χ1) is 8.35. The third-order valence-electron chi connectivity index (χ3n) is 2.28. The highest BCUT2D eigenvalue weighted by Gasteiger charge is 2.27. The maximum Gasteiger partial charge on any atom is 0.390 e. The van der Waals surface area contributed by atoms with Gasteiger partial charge in [0.25, 0.3) is 0 Å². The highest BCUT2D eigenvalue weighted by Crippen LogP contribution is 2.22. The summed E-state index contributed by atoms with van der Waals surface area (Å²) in [5, 5.41) is 11.4. The standard InChI is InChI=1S/C10H13F3N4O/c1-17(6-4-10(11,12)13)7-3-2-5-15-8(7)9(14)16-18/h2-3,5,18H,4,6H2,1H3,(H2,14,16). The van der Waals surface area contributed by atoms with Crippen molar-refractivity contribution in [1.29, 1.82) is 0 Å². The Bertz CT molecular complexity index is 433. The van der Waals surface area contributed by atoms with Crippen molar-refractivity contribution in [1.82, 2.24) is 4.98 Å². The number of anilines is 1. The molecular weight excluding hydrogens is 249 g/mol. The molecule has 5 nitrogen and oxygen atoms in total. The van der Waals surface area contributed by atoms with Gasteiger partial charge in [0.05, 0.1) is 12.1 Å². The molecule has 1 rings (SSSR count). The summed E-state index contributed by atoms with van der Waals surface area (Å²) in [5.41, 5.74) is 5.92. The van der Waals surface area contributed by atoms with Gasteiger partial charge in [0.2, 0.25) is 0 Å². The second-order valence-electron chi connectivity index (χ2n) is 3.64. The molecule has 0 atom stereocenters. The zero-order valence-electron chi connectivity index (χ0n) is 9.65. The van der Waals surface area contributed by atoms with Gasteiger partial charge in [-0.1, -0.05) is 5.16 Å². The molecule has 1 aromatic rings. The largest absolute Gasteiger partial charge is 0.409 e. The van der Waals surface area contributed by atoms with Crippen LogP contribution in [0.4, 0.5) is 18.9 Å². The SMILES string of the molecule is CN(CCC(F)(F)F)c1cccnc1/C(N)=N/O. The molecular formula is C10H13F3N4O. The van der Waals surface area contributed by atoms with Gasteiger partial charge >= 0.3 is 6.18 Å². The fourth-order valence-corrected chi connectivity index (χ4v) is 1.36. The van der Waals surface area contributed by atoms with Crippen LogP contribution >= 0.6 is 0 Å². The number of nitrogens with zero attached hydrogens (tertiary/aromatic N) is 3. The third-order valence-corrected chi connectivity index (χ3v) is 2.28. The van der Waals surface area contributed by atoms with Crippen molar-refractivity contribution in [2.45, 2.75) is 12.6 Å². The molecule has 0 aromatic carbocycles. The molecule has 1 aromatic heterocycles. The van der Waals surface area contributed by atoms with Crippen molar-refractivity contribution in [3.05, 3.63) is 24.0 Å². The van der Waals surface area contributed by atoms with E-state index in [0.29, 0.717) is 5.69 Å². The Morgan fingerprint density at radius 1 is 1.56 bits per heavy atom. The summed E-state index contributed by atoms with van der Waals surface area (Å²) < 4.78 is 36.4. The summed E-state index contributed by atoms with van der Waals surface area (Å²) in [5.74, 6) is -0.246. The molecule has 8 heteroatoms. The molecule has 0 aliphatic heterocycles. The van der Waals surface area contributed by atoms with Crippen LogP contribution in [0, 0.1) is 0 Å². The molecule has 18 heavy (non-hydrogen) atoms. The van der Waals surface area contributed by atoms with Crippen molar-refractivity contribution in [3.63, 3.8) is 0 Å². The van der Waals surface area contributed by atoms with Crippen molar-refractivity contribution < 1.29 is 18.4 Å². The number of pyridine rings is 1. The lowest BCUT2D eigenvalue weighted by Crippen LogP contribution is -2.27. The van der Waals surface area contributed by atoms with E-state index < -0.39 is 12.6 Å². The minimum atomic E-state index is -4.23. The molecule has 0 amide bonds. The second kappa shape index (κ2) is 5.56. The second-order valence-corrected chi connectivity index (χ2v) is 3.64. The third kappa shape index (κ3) is 3.79. The van der Waals surface area contributed by atoms with E-state index in [4.69, 9.17) is 10.9 Å². The van der Waals surface area contributed by atoms with E-state index in [-0.39, 0.29) is 18.1 Å². The van der Waals surface area contributed by atoms with Gasteiger partial charge in [-0.3, -0.25) is 4.98 Å². The number of hydrogen-bond donors (Lipinski definition) is 2. The predicted octanol–water partition coefficient (Wildman–Crippen LogP) is 1.56. The zero-order chi connectivity index (χ0) is 13.8. The molecule has 0 fully saturated rings. The summed E-state index contributed by atoms with van der Waals surface area (Å²) >= 11 is 0. The number of nitrogens with two attached hydrogens (primary N) is 1. The van der Waals surface area contributed by atoms with Crippen LogP contribution < -0.4 is 10.6 Å². The van der Waals surface area contributed by atoms with Crippen LogP contribution in [0.3, 0.4) is 0 Å². The molecule has 0 aliphatic rings. The highest BCUT2D eigenvalue weighted by atomic mass is 19.4. The molecule has 0 spiro atoms. The quantitative estimate of drug-likeness (QED) is 0.374. The first-order valence-electron chi connectivity index (χ1n) is 5.06. The van der Waals surface area contributed by atoms with Crippen LogP contribution in [-0.2, 0) is 0 Å². The van der Waals surface area contributed by atoms with Crippen LogP contribution in [0.2, 0.25) is 0 Å². The van der Waals surface area contributed by atoms with Gasteiger partial charge in [-0.2, -0.15) is 13.2 Å². The van der Waals surface area contributed by atoms with Crippen LogP contribution in [-0.4, -0.2) is 35.8 Å². The first kappa shape index (κ1) is 14.1. The smallest absolute Gasteiger partial charge is 0.390 e. The lowest BCUT2D eigenvalue weighted by Gasteiger charge is -2.21. The summed E-state index contributed by atoms with van der Waals surface area (Å²) in [7, 11) is 1.48. The Hall–Kier alpha value is -1.99. The summed E-state index contributed by atoms with van der Waals surface area (Å²) in [6, 6.07) is 3.12. The average molecular weight is 262 g/mol. The van der Waals surface area contributed by atoms with E-state index in [1.54, 1.807) is 12.1 Å². The monoisotopic (exact) mass is 262 g/mol. The molecule has 100 valence electrons. The Labute approximate surface area is 102 Å². The normalized spacial score (nSPS) is 12.6. The lowest BCUT2D eigenvalue weighted by molar-refractivity contribution is -0.132. The van der Waals surface area contributed by atoms with Crippen LogP contribution in [0.1, 0.15) is 12.1 Å². The van der Waals surface area contributed by atoms with Gasteiger partial charge in [-0.25, -0.2) is 0 Å². The zero-order valence-corrected chi connectivity index (χ0v) is 9.65. The summed E-state index contributed by atoms with van der Waals surface area (Å²) in [6.45, 7) is -0.235. The van der Waals surface area contributed by atoms with Crippen LogP contribution in [0.25, 0.3) is 0 Å². The van der Waals surface area contributed by atoms with Gasteiger partial charge < -0.3 is 15.8 Å². The predicted molar refractivity (Wildman–Crippen MR) is 60.7 cm³/mol. The van der Waals surface area contributed by atoms with E-state index in [0.717, 1.165) is 0 Å². The highest BCUT2D eigenvalue weighted by molar-refractivity contribution is 6.00. The molecule has 0 unspecified atom stereocenters. The Morgan fingerprint density at radius 2 is 2.22 bits per heavy atom. The maximum atomic E-state index is 12.1. The topological polar surface area (TPSA) is 74.7 Å². The number of halogens is 3. The van der Waals surface area contributed by atoms with Gasteiger partial charge in [0.1, 0.15) is 5.69 Å². The number of alkyl halides is 3. The number of amidine groups is 1. The van der Waals surface area contributed by atoms with Crippen LogP contribution in [0.15, 0.2) is 23.5 Å². The molecule has 0 aliphatic carbocycles. The van der Waals surface area contributed by atoms with Gasteiger partial charge in [-0.15, -0.1) is 0 Å². The Morgan fingerprint density at radius 3 is 2.78 bits per heavy atom. The summed E-state index contributed by atoms with van der Waals surface area (Å²) in [4.78, 5) is 5.23. The molecule has 1 heterocycles. The minimum Gasteiger partial charge on any atom is -0.409 e. The first-order valence-corrected chi connectivity index (χ1v) is 5.06. The fourth-order valence-electron chi connectivity index (χ4n) is 1.36. The van der Waals surface area contributed by atoms with E-state index in [9.17, 15) is 13.2 Å². The number of oxime groups is 1. The molecule has 0 bridgehead atoms. The van der Waals surface area contributed by atoms with Crippen molar-refractivity contribution in [2.24, 2.45) is 10.9 Å². The van der Waals surface area contributed by atoms with E-state index >= 15 is 0 Å².